The minimum atomic E-state index is -0.540. The van der Waals surface area contributed by atoms with Crippen LogP contribution < -0.4 is 5.32 Å². The zero-order valence-corrected chi connectivity index (χ0v) is 8.91. The van der Waals surface area contributed by atoms with E-state index >= 15 is 0 Å². The van der Waals surface area contributed by atoms with E-state index < -0.39 is 6.10 Å². The van der Waals surface area contributed by atoms with Gasteiger partial charge in [-0.3, -0.25) is 0 Å². The standard InChI is InChI=1S/C10H13N5O/c1-11-5-9(16)8-2-3-10(13-4-8)15-7-12-6-14-15/h2-4,6-7,9,11,16H,5H2,1H3. The van der Waals surface area contributed by atoms with Crippen LogP contribution in [0.3, 0.4) is 0 Å². The molecule has 0 aromatic carbocycles. The Labute approximate surface area is 93.0 Å². The number of aromatic nitrogens is 4. The molecule has 6 heteroatoms. The summed E-state index contributed by atoms with van der Waals surface area (Å²) in [5.74, 6) is 0.679. The number of pyridine rings is 1. The molecule has 1 atom stereocenters. The van der Waals surface area contributed by atoms with Crippen LogP contribution in [0, 0.1) is 0 Å². The second-order valence-electron chi connectivity index (χ2n) is 3.36. The number of nitrogens with zero attached hydrogens (tertiary/aromatic N) is 4. The highest BCUT2D eigenvalue weighted by Gasteiger charge is 2.07. The van der Waals surface area contributed by atoms with Crippen molar-refractivity contribution in [3.05, 3.63) is 36.5 Å². The van der Waals surface area contributed by atoms with Crippen molar-refractivity contribution in [1.82, 2.24) is 25.1 Å². The molecule has 2 heterocycles. The van der Waals surface area contributed by atoms with Gasteiger partial charge in [0.15, 0.2) is 5.82 Å². The van der Waals surface area contributed by atoms with Crippen LogP contribution in [-0.4, -0.2) is 38.4 Å². The minimum absolute atomic E-state index is 0.504. The molecule has 0 aliphatic heterocycles. The predicted octanol–water partition coefficient (Wildman–Crippen LogP) is -0.0849. The number of hydrogen-bond donors (Lipinski definition) is 2. The second kappa shape index (κ2) is 4.82. The SMILES string of the molecule is CNCC(O)c1ccc(-n2cncn2)nc1. The molecule has 2 aromatic rings. The Hall–Kier alpha value is -1.79. The predicted molar refractivity (Wildman–Crippen MR) is 58.0 cm³/mol. The molecule has 0 aliphatic rings. The lowest BCUT2D eigenvalue weighted by Gasteiger charge is -2.09. The minimum Gasteiger partial charge on any atom is -0.387 e. The van der Waals surface area contributed by atoms with Crippen molar-refractivity contribution in [3.63, 3.8) is 0 Å². The molecular formula is C10H13N5O. The van der Waals surface area contributed by atoms with Gasteiger partial charge in [-0.25, -0.2) is 14.6 Å². The summed E-state index contributed by atoms with van der Waals surface area (Å²) in [6.07, 6.45) is 4.12. The molecule has 2 N–H and O–H groups in total. The van der Waals surface area contributed by atoms with Crippen LogP contribution in [0.5, 0.6) is 0 Å². The van der Waals surface area contributed by atoms with E-state index in [2.05, 4.69) is 20.4 Å². The normalized spacial score (nSPS) is 12.6. The monoisotopic (exact) mass is 219 g/mol. The first kappa shape index (κ1) is 10.7. The average molecular weight is 219 g/mol. The fourth-order valence-corrected chi connectivity index (χ4v) is 1.37. The number of rotatable bonds is 4. The molecule has 0 saturated heterocycles. The van der Waals surface area contributed by atoms with Crippen molar-refractivity contribution in [3.8, 4) is 5.82 Å². The van der Waals surface area contributed by atoms with Crippen LogP contribution in [0.15, 0.2) is 31.0 Å². The van der Waals surface area contributed by atoms with Crippen LogP contribution in [0.25, 0.3) is 5.82 Å². The molecule has 0 bridgehead atoms. The maximum absolute atomic E-state index is 9.70. The van der Waals surface area contributed by atoms with Gasteiger partial charge in [0, 0.05) is 18.3 Å². The number of aliphatic hydroxyl groups is 1. The van der Waals surface area contributed by atoms with Crippen molar-refractivity contribution >= 4 is 0 Å². The van der Waals surface area contributed by atoms with E-state index in [9.17, 15) is 5.11 Å². The van der Waals surface area contributed by atoms with Gasteiger partial charge in [-0.2, -0.15) is 5.10 Å². The molecule has 2 rings (SSSR count). The fourth-order valence-electron chi connectivity index (χ4n) is 1.37. The van der Waals surface area contributed by atoms with Gasteiger partial charge in [-0.1, -0.05) is 6.07 Å². The Morgan fingerprint density at radius 1 is 1.50 bits per heavy atom. The number of hydrogen-bond acceptors (Lipinski definition) is 5. The van der Waals surface area contributed by atoms with Crippen molar-refractivity contribution in [1.29, 1.82) is 0 Å². The summed E-state index contributed by atoms with van der Waals surface area (Å²) in [6.45, 7) is 0.504. The molecule has 0 aliphatic carbocycles. The Kier molecular flexibility index (Phi) is 3.23. The molecule has 0 fully saturated rings. The molecule has 0 spiro atoms. The summed E-state index contributed by atoms with van der Waals surface area (Å²) in [5, 5.41) is 16.6. The molecule has 6 nitrogen and oxygen atoms in total. The van der Waals surface area contributed by atoms with Crippen LogP contribution in [-0.2, 0) is 0 Å². The highest BCUT2D eigenvalue weighted by atomic mass is 16.3. The first-order chi connectivity index (χ1) is 7.81. The summed E-state index contributed by atoms with van der Waals surface area (Å²) in [7, 11) is 1.79. The molecule has 0 amide bonds. The third-order valence-electron chi connectivity index (χ3n) is 2.21. The van der Waals surface area contributed by atoms with Gasteiger partial charge in [0.25, 0.3) is 0 Å². The Balaban J connectivity index is 2.16. The van der Waals surface area contributed by atoms with Crippen molar-refractivity contribution < 1.29 is 5.11 Å². The van der Waals surface area contributed by atoms with Gasteiger partial charge in [0.2, 0.25) is 0 Å². The van der Waals surface area contributed by atoms with Gasteiger partial charge < -0.3 is 10.4 Å². The van der Waals surface area contributed by atoms with E-state index in [0.29, 0.717) is 12.4 Å². The van der Waals surface area contributed by atoms with Crippen molar-refractivity contribution in [2.75, 3.05) is 13.6 Å². The topological polar surface area (TPSA) is 75.9 Å². The van der Waals surface area contributed by atoms with Gasteiger partial charge >= 0.3 is 0 Å². The Morgan fingerprint density at radius 3 is 2.94 bits per heavy atom. The molecule has 16 heavy (non-hydrogen) atoms. The van der Waals surface area contributed by atoms with Crippen LogP contribution in [0.2, 0.25) is 0 Å². The average Bonchev–Trinajstić information content (AvgIpc) is 2.83. The molecule has 84 valence electrons. The van der Waals surface area contributed by atoms with Gasteiger partial charge in [-0.15, -0.1) is 0 Å². The smallest absolute Gasteiger partial charge is 0.155 e. The summed E-state index contributed by atoms with van der Waals surface area (Å²) >= 11 is 0. The first-order valence-corrected chi connectivity index (χ1v) is 4.95. The number of aliphatic hydroxyl groups excluding tert-OH is 1. The molecular weight excluding hydrogens is 206 g/mol. The maximum atomic E-state index is 9.70. The van der Waals surface area contributed by atoms with Gasteiger partial charge in [-0.05, 0) is 13.1 Å². The number of likely N-dealkylation sites (N-methyl/N-ethyl adjacent to an activating group) is 1. The highest BCUT2D eigenvalue weighted by Crippen LogP contribution is 2.11. The van der Waals surface area contributed by atoms with E-state index in [-0.39, 0.29) is 0 Å². The molecule has 0 radical (unpaired) electrons. The van der Waals surface area contributed by atoms with Crippen LogP contribution >= 0.6 is 0 Å². The second-order valence-corrected chi connectivity index (χ2v) is 3.36. The van der Waals surface area contributed by atoms with Gasteiger partial charge in [0.1, 0.15) is 12.7 Å². The summed E-state index contributed by atoms with van der Waals surface area (Å²) in [4.78, 5) is 8.04. The van der Waals surface area contributed by atoms with Crippen LogP contribution in [0.4, 0.5) is 0 Å². The largest absolute Gasteiger partial charge is 0.387 e. The Bertz CT molecular complexity index is 425. The zero-order chi connectivity index (χ0) is 11.4. The van der Waals surface area contributed by atoms with Gasteiger partial charge in [0.05, 0.1) is 6.10 Å². The van der Waals surface area contributed by atoms with Crippen LogP contribution in [0.1, 0.15) is 11.7 Å². The van der Waals surface area contributed by atoms with Crippen molar-refractivity contribution in [2.45, 2.75) is 6.10 Å². The lowest BCUT2D eigenvalue weighted by atomic mass is 10.1. The quantitative estimate of drug-likeness (QED) is 0.752. The van der Waals surface area contributed by atoms with E-state index in [1.165, 1.54) is 6.33 Å². The highest BCUT2D eigenvalue weighted by molar-refractivity contribution is 5.25. The lowest BCUT2D eigenvalue weighted by Crippen LogP contribution is -2.16. The first-order valence-electron chi connectivity index (χ1n) is 4.95. The van der Waals surface area contributed by atoms with E-state index in [0.717, 1.165) is 5.56 Å². The summed E-state index contributed by atoms with van der Waals surface area (Å²) in [5.41, 5.74) is 0.776. The molecule has 0 saturated carbocycles. The van der Waals surface area contributed by atoms with E-state index in [4.69, 9.17) is 0 Å². The molecule has 1 unspecified atom stereocenters. The van der Waals surface area contributed by atoms with Crippen molar-refractivity contribution in [2.24, 2.45) is 0 Å². The third-order valence-corrected chi connectivity index (χ3v) is 2.21. The third kappa shape index (κ3) is 2.23. The fraction of sp³-hybridized carbons (Fsp3) is 0.300. The summed E-state index contributed by atoms with van der Waals surface area (Å²) < 4.78 is 1.56. The van der Waals surface area contributed by atoms with E-state index in [1.54, 1.807) is 30.3 Å². The number of nitrogens with one attached hydrogen (secondary N) is 1. The molecule has 2 aromatic heterocycles. The summed E-state index contributed by atoms with van der Waals surface area (Å²) in [6, 6.07) is 3.62. The Morgan fingerprint density at radius 2 is 2.38 bits per heavy atom. The van der Waals surface area contributed by atoms with E-state index in [1.807, 2.05) is 6.07 Å². The lowest BCUT2D eigenvalue weighted by molar-refractivity contribution is 0.177. The maximum Gasteiger partial charge on any atom is 0.155 e. The zero-order valence-electron chi connectivity index (χ0n) is 8.91.